The van der Waals surface area contributed by atoms with Gasteiger partial charge < -0.3 is 19.9 Å². The van der Waals surface area contributed by atoms with Crippen molar-refractivity contribution in [1.29, 1.82) is 0 Å². The third kappa shape index (κ3) is 5.69. The normalized spacial score (nSPS) is 13.9. The maximum atomic E-state index is 12.5. The number of hydrogen-bond acceptors (Lipinski definition) is 6. The summed E-state index contributed by atoms with van der Waals surface area (Å²) in [6, 6.07) is 10.6. The van der Waals surface area contributed by atoms with Gasteiger partial charge in [0, 0.05) is 51.1 Å². The Balaban J connectivity index is 1.52. The number of aromatic nitrogens is 1. The van der Waals surface area contributed by atoms with Crippen LogP contribution < -0.4 is 10.2 Å². The molecule has 8 heteroatoms. The maximum Gasteiger partial charge on any atom is 0.339 e. The summed E-state index contributed by atoms with van der Waals surface area (Å²) >= 11 is 0. The van der Waals surface area contributed by atoms with Crippen LogP contribution in [-0.2, 0) is 9.53 Å². The van der Waals surface area contributed by atoms with Crippen molar-refractivity contribution in [3.63, 3.8) is 0 Å². The van der Waals surface area contributed by atoms with Crippen molar-refractivity contribution in [2.75, 3.05) is 44.7 Å². The van der Waals surface area contributed by atoms with Crippen LogP contribution in [0.2, 0.25) is 0 Å². The summed E-state index contributed by atoms with van der Waals surface area (Å²) in [6.07, 6.45) is 4.82. The number of nitrogens with one attached hydrogen (secondary N) is 1. The number of carbonyl (C=O) groups excluding carboxylic acids is 3. The zero-order valence-electron chi connectivity index (χ0n) is 17.7. The van der Waals surface area contributed by atoms with Gasteiger partial charge in [0.2, 0.25) is 5.91 Å². The fourth-order valence-corrected chi connectivity index (χ4v) is 3.23. The molecule has 31 heavy (non-hydrogen) atoms. The molecule has 0 spiro atoms. The van der Waals surface area contributed by atoms with Crippen LogP contribution in [0.1, 0.15) is 33.2 Å². The lowest BCUT2D eigenvalue weighted by Gasteiger charge is -2.35. The van der Waals surface area contributed by atoms with Gasteiger partial charge >= 0.3 is 5.97 Å². The van der Waals surface area contributed by atoms with E-state index in [-0.39, 0.29) is 17.8 Å². The van der Waals surface area contributed by atoms with Crippen molar-refractivity contribution in [2.24, 2.45) is 0 Å². The Labute approximate surface area is 181 Å². The molecule has 1 aliphatic heterocycles. The third-order valence-corrected chi connectivity index (χ3v) is 4.99. The highest BCUT2D eigenvalue weighted by Crippen LogP contribution is 2.15. The fourth-order valence-electron chi connectivity index (χ4n) is 3.23. The molecule has 0 radical (unpaired) electrons. The van der Waals surface area contributed by atoms with E-state index in [9.17, 15) is 14.4 Å². The van der Waals surface area contributed by atoms with E-state index in [1.54, 1.807) is 67.4 Å². The Morgan fingerprint density at radius 3 is 2.29 bits per heavy atom. The number of ether oxygens (including phenoxy) is 1. The van der Waals surface area contributed by atoms with Crippen LogP contribution in [0.25, 0.3) is 6.08 Å². The molecular weight excluding hydrogens is 396 g/mol. The van der Waals surface area contributed by atoms with Crippen molar-refractivity contribution < 1.29 is 19.1 Å². The first-order valence-electron chi connectivity index (χ1n) is 10.2. The second kappa shape index (κ2) is 10.4. The number of hydrogen-bond donors (Lipinski definition) is 1. The van der Waals surface area contributed by atoms with E-state index in [1.807, 2.05) is 0 Å². The molecule has 1 fully saturated rings. The zero-order valence-corrected chi connectivity index (χ0v) is 17.7. The minimum atomic E-state index is -0.382. The number of anilines is 1. The standard InChI is InChI=1S/C23H26N4O4/c1-3-31-23(30)19-9-10-20(25-16-19)26-12-14-27(15-13-26)21(28)11-6-17-4-7-18(8-5-17)22(29)24-2/h4-11,16H,3,12-15H2,1-2H3,(H,24,29)/b11-6+. The Bertz CT molecular complexity index is 947. The van der Waals surface area contributed by atoms with Gasteiger partial charge in [0.1, 0.15) is 5.82 Å². The van der Waals surface area contributed by atoms with Crippen molar-refractivity contribution in [3.05, 3.63) is 65.4 Å². The number of esters is 1. The van der Waals surface area contributed by atoms with E-state index < -0.39 is 0 Å². The number of carbonyl (C=O) groups is 3. The minimum absolute atomic E-state index is 0.0550. The first kappa shape index (κ1) is 22.0. The largest absolute Gasteiger partial charge is 0.462 e. The number of piperazine rings is 1. The third-order valence-electron chi connectivity index (χ3n) is 4.99. The molecule has 0 bridgehead atoms. The van der Waals surface area contributed by atoms with Crippen LogP contribution >= 0.6 is 0 Å². The highest BCUT2D eigenvalue weighted by atomic mass is 16.5. The average molecular weight is 422 g/mol. The molecule has 1 aliphatic rings. The molecule has 1 aromatic carbocycles. The van der Waals surface area contributed by atoms with Gasteiger partial charge in [0.25, 0.3) is 5.91 Å². The van der Waals surface area contributed by atoms with Crippen LogP contribution in [-0.4, -0.2) is 67.5 Å². The smallest absolute Gasteiger partial charge is 0.339 e. The van der Waals surface area contributed by atoms with Crippen molar-refractivity contribution in [3.8, 4) is 0 Å². The average Bonchev–Trinajstić information content (AvgIpc) is 2.82. The quantitative estimate of drug-likeness (QED) is 0.565. The van der Waals surface area contributed by atoms with E-state index in [4.69, 9.17) is 4.74 Å². The van der Waals surface area contributed by atoms with E-state index in [1.165, 1.54) is 6.20 Å². The van der Waals surface area contributed by atoms with Crippen LogP contribution in [0.4, 0.5) is 5.82 Å². The molecule has 2 heterocycles. The highest BCUT2D eigenvalue weighted by molar-refractivity contribution is 5.95. The van der Waals surface area contributed by atoms with Crippen LogP contribution in [0, 0.1) is 0 Å². The summed E-state index contributed by atoms with van der Waals surface area (Å²) < 4.78 is 4.97. The van der Waals surface area contributed by atoms with Gasteiger partial charge in [-0.25, -0.2) is 9.78 Å². The number of amides is 2. The van der Waals surface area contributed by atoms with Gasteiger partial charge in [-0.2, -0.15) is 0 Å². The van der Waals surface area contributed by atoms with E-state index in [0.717, 1.165) is 11.4 Å². The van der Waals surface area contributed by atoms with Gasteiger partial charge in [-0.1, -0.05) is 12.1 Å². The molecule has 3 rings (SSSR count). The van der Waals surface area contributed by atoms with Gasteiger partial charge in [-0.3, -0.25) is 9.59 Å². The molecule has 1 saturated heterocycles. The van der Waals surface area contributed by atoms with Gasteiger partial charge in [-0.05, 0) is 42.8 Å². The molecule has 8 nitrogen and oxygen atoms in total. The Kier molecular flexibility index (Phi) is 7.37. The Hall–Kier alpha value is -3.68. The molecule has 2 aromatic rings. The molecule has 0 saturated carbocycles. The number of benzene rings is 1. The van der Waals surface area contributed by atoms with Crippen molar-refractivity contribution in [1.82, 2.24) is 15.2 Å². The lowest BCUT2D eigenvalue weighted by molar-refractivity contribution is -0.126. The Morgan fingerprint density at radius 1 is 1.03 bits per heavy atom. The molecule has 2 amide bonds. The molecule has 1 N–H and O–H groups in total. The number of rotatable bonds is 6. The lowest BCUT2D eigenvalue weighted by atomic mass is 10.1. The summed E-state index contributed by atoms with van der Waals surface area (Å²) in [5.74, 6) is 0.189. The molecule has 1 aromatic heterocycles. The van der Waals surface area contributed by atoms with Crippen molar-refractivity contribution >= 4 is 29.7 Å². The molecular formula is C23H26N4O4. The van der Waals surface area contributed by atoms with Crippen LogP contribution in [0.5, 0.6) is 0 Å². The van der Waals surface area contributed by atoms with E-state index >= 15 is 0 Å². The molecule has 162 valence electrons. The summed E-state index contributed by atoms with van der Waals surface area (Å²) in [6.45, 7) is 4.57. The summed E-state index contributed by atoms with van der Waals surface area (Å²) in [4.78, 5) is 44.0. The maximum absolute atomic E-state index is 12.5. The van der Waals surface area contributed by atoms with Crippen LogP contribution in [0.15, 0.2) is 48.7 Å². The number of pyridine rings is 1. The van der Waals surface area contributed by atoms with Gasteiger partial charge in [-0.15, -0.1) is 0 Å². The molecule has 0 unspecified atom stereocenters. The van der Waals surface area contributed by atoms with E-state index in [0.29, 0.717) is 43.9 Å². The first-order chi connectivity index (χ1) is 15.0. The minimum Gasteiger partial charge on any atom is -0.462 e. The van der Waals surface area contributed by atoms with Gasteiger partial charge in [0.15, 0.2) is 0 Å². The zero-order chi connectivity index (χ0) is 22.2. The molecule has 0 aliphatic carbocycles. The molecule has 0 atom stereocenters. The first-order valence-corrected chi connectivity index (χ1v) is 10.2. The predicted octanol–water partition coefficient (Wildman–Crippen LogP) is 1.98. The number of nitrogens with zero attached hydrogens (tertiary/aromatic N) is 3. The predicted molar refractivity (Wildman–Crippen MR) is 118 cm³/mol. The van der Waals surface area contributed by atoms with E-state index in [2.05, 4.69) is 15.2 Å². The van der Waals surface area contributed by atoms with Crippen molar-refractivity contribution in [2.45, 2.75) is 6.92 Å². The van der Waals surface area contributed by atoms with Gasteiger partial charge in [0.05, 0.1) is 12.2 Å². The topological polar surface area (TPSA) is 91.8 Å². The van der Waals surface area contributed by atoms with Crippen LogP contribution in [0.3, 0.4) is 0 Å². The Morgan fingerprint density at radius 2 is 1.71 bits per heavy atom. The summed E-state index contributed by atoms with van der Waals surface area (Å²) in [5.41, 5.74) is 1.85. The summed E-state index contributed by atoms with van der Waals surface area (Å²) in [7, 11) is 1.59. The summed E-state index contributed by atoms with van der Waals surface area (Å²) in [5, 5.41) is 2.58. The second-order valence-corrected chi connectivity index (χ2v) is 6.97. The monoisotopic (exact) mass is 422 g/mol. The SMILES string of the molecule is CCOC(=O)c1ccc(N2CCN(C(=O)/C=C/c3ccc(C(=O)NC)cc3)CC2)nc1. The highest BCUT2D eigenvalue weighted by Gasteiger charge is 2.21. The second-order valence-electron chi connectivity index (χ2n) is 6.97. The fraction of sp³-hybridized carbons (Fsp3) is 0.304. The lowest BCUT2D eigenvalue weighted by Crippen LogP contribution is -2.48.